The predicted octanol–water partition coefficient (Wildman–Crippen LogP) is -2.25. The molecule has 0 radical (unpaired) electrons. The molecule has 8 nitrogen and oxygen atoms in total. The summed E-state index contributed by atoms with van der Waals surface area (Å²) in [6.07, 6.45) is -4.19. The lowest BCUT2D eigenvalue weighted by Crippen LogP contribution is -2.63. The van der Waals surface area contributed by atoms with Crippen molar-refractivity contribution in [1.82, 2.24) is 0 Å². The molecule has 0 aliphatic rings. The van der Waals surface area contributed by atoms with Crippen LogP contribution in [0.1, 0.15) is 20.8 Å². The molecule has 19 heavy (non-hydrogen) atoms. The number of hydrogen-bond donors (Lipinski definition) is 3. The van der Waals surface area contributed by atoms with Crippen molar-refractivity contribution in [3.63, 3.8) is 0 Å². The average Bonchev–Trinajstić information content (AvgIpc) is 2.32. The van der Waals surface area contributed by atoms with E-state index in [9.17, 15) is 29.4 Å². The number of esters is 1. The first-order valence-corrected chi connectivity index (χ1v) is 5.34. The zero-order valence-electron chi connectivity index (χ0n) is 10.7. The van der Waals surface area contributed by atoms with E-state index < -0.39 is 47.7 Å². The third kappa shape index (κ3) is 3.43. The minimum Gasteiger partial charge on any atom is -0.440 e. The molecule has 0 amide bonds. The lowest BCUT2D eigenvalue weighted by atomic mass is 9.83. The molecular formula is C11H16O8. The third-order valence-corrected chi connectivity index (χ3v) is 2.45. The van der Waals surface area contributed by atoms with E-state index in [1.54, 1.807) is 0 Å². The van der Waals surface area contributed by atoms with Gasteiger partial charge in [0.2, 0.25) is 0 Å². The van der Waals surface area contributed by atoms with Crippen molar-refractivity contribution in [2.24, 2.45) is 0 Å². The van der Waals surface area contributed by atoms with Gasteiger partial charge in [0.25, 0.3) is 11.4 Å². The molecule has 0 aliphatic heterocycles. The summed E-state index contributed by atoms with van der Waals surface area (Å²) in [6, 6.07) is 0. The Kier molecular flexibility index (Phi) is 5.94. The van der Waals surface area contributed by atoms with Crippen LogP contribution in [0.5, 0.6) is 0 Å². The highest BCUT2D eigenvalue weighted by molar-refractivity contribution is 6.44. The maximum Gasteiger partial charge on any atom is 0.304 e. The Labute approximate surface area is 109 Å². The van der Waals surface area contributed by atoms with E-state index in [-0.39, 0.29) is 0 Å². The van der Waals surface area contributed by atoms with Crippen molar-refractivity contribution in [1.29, 1.82) is 0 Å². The van der Waals surface area contributed by atoms with E-state index >= 15 is 0 Å². The molecular weight excluding hydrogens is 260 g/mol. The summed E-state index contributed by atoms with van der Waals surface area (Å²) < 4.78 is 4.53. The van der Waals surface area contributed by atoms with Gasteiger partial charge in [0.05, 0.1) is 6.61 Å². The summed E-state index contributed by atoms with van der Waals surface area (Å²) >= 11 is 0. The van der Waals surface area contributed by atoms with Gasteiger partial charge in [-0.1, -0.05) is 0 Å². The van der Waals surface area contributed by atoms with Gasteiger partial charge in [0, 0.05) is 13.8 Å². The van der Waals surface area contributed by atoms with Gasteiger partial charge in [-0.3, -0.25) is 19.2 Å². The minimum atomic E-state index is -2.85. The number of aliphatic hydroxyl groups is 3. The fourth-order valence-electron chi connectivity index (χ4n) is 1.54. The molecule has 0 saturated heterocycles. The largest absolute Gasteiger partial charge is 0.440 e. The number of aliphatic hydroxyl groups excluding tert-OH is 3. The number of rotatable bonds is 7. The van der Waals surface area contributed by atoms with Gasteiger partial charge in [0.1, 0.15) is 12.2 Å². The molecule has 0 heterocycles. The Balaban J connectivity index is 5.91. The Bertz CT molecular complexity index is 401. The number of Topliss-reactive ketones (excluding diaryl/α,β-unsaturated/α-hetero) is 3. The smallest absolute Gasteiger partial charge is 0.304 e. The van der Waals surface area contributed by atoms with Crippen molar-refractivity contribution in [2.75, 3.05) is 6.61 Å². The molecule has 0 aromatic carbocycles. The van der Waals surface area contributed by atoms with Crippen molar-refractivity contribution in [3.8, 4) is 0 Å². The normalized spacial score (nSPS) is 16.9. The Morgan fingerprint density at radius 1 is 1.11 bits per heavy atom. The molecule has 0 aromatic heterocycles. The quantitative estimate of drug-likeness (QED) is 0.269. The first-order chi connectivity index (χ1) is 8.61. The van der Waals surface area contributed by atoms with E-state index in [0.717, 1.165) is 20.8 Å². The van der Waals surface area contributed by atoms with Crippen molar-refractivity contribution < 1.29 is 39.2 Å². The highest BCUT2D eigenvalue weighted by Crippen LogP contribution is 2.23. The number of carbonyl (C=O) groups excluding carboxylic acids is 4. The van der Waals surface area contributed by atoms with Crippen LogP contribution in [0.4, 0.5) is 0 Å². The third-order valence-electron chi connectivity index (χ3n) is 2.45. The minimum absolute atomic E-state index is 0.817. The van der Waals surface area contributed by atoms with Crippen molar-refractivity contribution in [3.05, 3.63) is 0 Å². The number of ether oxygens (including phenoxy) is 1. The van der Waals surface area contributed by atoms with Crippen LogP contribution in [-0.2, 0) is 23.9 Å². The molecule has 0 aromatic rings. The molecule has 0 spiro atoms. The second-order valence-electron chi connectivity index (χ2n) is 3.97. The van der Waals surface area contributed by atoms with Crippen LogP contribution in [0.25, 0.3) is 0 Å². The van der Waals surface area contributed by atoms with E-state index in [0.29, 0.717) is 0 Å². The van der Waals surface area contributed by atoms with Gasteiger partial charge in [0.15, 0.2) is 11.6 Å². The van der Waals surface area contributed by atoms with Crippen LogP contribution in [0.3, 0.4) is 0 Å². The molecule has 108 valence electrons. The lowest BCUT2D eigenvalue weighted by molar-refractivity contribution is -0.193. The zero-order chi connectivity index (χ0) is 15.4. The van der Waals surface area contributed by atoms with Crippen LogP contribution in [-0.4, -0.2) is 63.1 Å². The second kappa shape index (κ2) is 6.50. The summed E-state index contributed by atoms with van der Waals surface area (Å²) in [4.78, 5) is 45.6. The number of hydrogen-bond acceptors (Lipinski definition) is 8. The highest BCUT2D eigenvalue weighted by Gasteiger charge is 2.56. The molecule has 0 fully saturated rings. The fourth-order valence-corrected chi connectivity index (χ4v) is 1.54. The molecule has 3 atom stereocenters. The SMILES string of the molecule is CC(=O)O[C@](C(C)=O)(C(=O)C(C)=O)C(O)C(O)CO. The van der Waals surface area contributed by atoms with Crippen molar-refractivity contribution in [2.45, 2.75) is 38.6 Å². The van der Waals surface area contributed by atoms with Crippen LogP contribution in [0, 0.1) is 0 Å². The Morgan fingerprint density at radius 2 is 1.58 bits per heavy atom. The molecule has 0 aliphatic carbocycles. The summed E-state index contributed by atoms with van der Waals surface area (Å²) in [7, 11) is 0. The van der Waals surface area contributed by atoms with E-state index in [4.69, 9.17) is 5.11 Å². The fraction of sp³-hybridized carbons (Fsp3) is 0.636. The second-order valence-corrected chi connectivity index (χ2v) is 3.97. The van der Waals surface area contributed by atoms with Gasteiger partial charge in [-0.25, -0.2) is 0 Å². The zero-order valence-corrected chi connectivity index (χ0v) is 10.7. The highest BCUT2D eigenvalue weighted by atomic mass is 16.6. The summed E-state index contributed by atoms with van der Waals surface area (Å²) in [5.74, 6) is -4.85. The van der Waals surface area contributed by atoms with Gasteiger partial charge in [-0.15, -0.1) is 0 Å². The first-order valence-electron chi connectivity index (χ1n) is 5.34. The van der Waals surface area contributed by atoms with Crippen LogP contribution >= 0.6 is 0 Å². The molecule has 2 unspecified atom stereocenters. The van der Waals surface area contributed by atoms with E-state index in [2.05, 4.69) is 4.74 Å². The lowest BCUT2D eigenvalue weighted by Gasteiger charge is -2.34. The van der Waals surface area contributed by atoms with Crippen LogP contribution in [0.2, 0.25) is 0 Å². The Hall–Kier alpha value is -1.64. The molecule has 8 heteroatoms. The standard InChI is InChI=1S/C11H16O8/c1-5(13)9(17)11(6(2)14,19-7(3)15)10(18)8(16)4-12/h8,10,12,16,18H,4H2,1-3H3/t8?,10?,11-/m1/s1. The predicted molar refractivity (Wildman–Crippen MR) is 60.0 cm³/mol. The van der Waals surface area contributed by atoms with Gasteiger partial charge in [-0.05, 0) is 6.92 Å². The molecule has 0 saturated carbocycles. The van der Waals surface area contributed by atoms with E-state index in [1.165, 1.54) is 0 Å². The van der Waals surface area contributed by atoms with Crippen LogP contribution < -0.4 is 0 Å². The summed E-state index contributed by atoms with van der Waals surface area (Å²) in [6.45, 7) is 1.50. The van der Waals surface area contributed by atoms with Crippen LogP contribution in [0.15, 0.2) is 0 Å². The summed E-state index contributed by atoms with van der Waals surface area (Å²) in [5, 5.41) is 27.9. The van der Waals surface area contributed by atoms with Gasteiger partial charge in [-0.2, -0.15) is 0 Å². The number of ketones is 3. The van der Waals surface area contributed by atoms with Gasteiger partial charge >= 0.3 is 5.97 Å². The first kappa shape index (κ1) is 17.4. The summed E-state index contributed by atoms with van der Waals surface area (Å²) in [5.41, 5.74) is -2.85. The number of carbonyl (C=O) groups is 4. The monoisotopic (exact) mass is 276 g/mol. The maximum atomic E-state index is 11.8. The molecule has 0 bridgehead atoms. The topological polar surface area (TPSA) is 138 Å². The Morgan fingerprint density at radius 3 is 1.84 bits per heavy atom. The van der Waals surface area contributed by atoms with Gasteiger partial charge < -0.3 is 20.1 Å². The molecule has 0 rings (SSSR count). The average molecular weight is 276 g/mol. The maximum absolute atomic E-state index is 11.8. The molecule has 3 N–H and O–H groups in total. The van der Waals surface area contributed by atoms with E-state index in [1.807, 2.05) is 0 Å². The van der Waals surface area contributed by atoms with Crippen molar-refractivity contribution >= 4 is 23.3 Å².